The number of nitrogens with one attached hydrogen (secondary N) is 2. The molecule has 0 saturated heterocycles. The number of amides is 1. The molecule has 24 heavy (non-hydrogen) atoms. The number of benzene rings is 2. The first-order valence-corrected chi connectivity index (χ1v) is 9.32. The molecule has 2 aromatic carbocycles. The van der Waals surface area contributed by atoms with Crippen molar-refractivity contribution in [1.82, 2.24) is 0 Å². The van der Waals surface area contributed by atoms with E-state index in [1.807, 2.05) is 0 Å². The lowest BCUT2D eigenvalue weighted by atomic mass is 10.2. The quantitative estimate of drug-likeness (QED) is 0.799. The second kappa shape index (κ2) is 7.42. The van der Waals surface area contributed by atoms with Crippen molar-refractivity contribution in [3.05, 3.63) is 52.5 Å². The molecule has 0 atom stereocenters. The van der Waals surface area contributed by atoms with Crippen molar-refractivity contribution in [3.8, 4) is 0 Å². The first-order chi connectivity index (χ1) is 11.2. The van der Waals surface area contributed by atoms with Gasteiger partial charge in [-0.05, 0) is 42.5 Å². The molecule has 2 aromatic rings. The topological polar surface area (TPSA) is 75.3 Å². The highest BCUT2D eigenvalue weighted by molar-refractivity contribution is 7.92. The molecule has 0 bridgehead atoms. The van der Waals surface area contributed by atoms with Crippen LogP contribution in [0.1, 0.15) is 13.8 Å². The predicted octanol–water partition coefficient (Wildman–Crippen LogP) is 4.39. The lowest BCUT2D eigenvalue weighted by molar-refractivity contribution is -0.118. The fourth-order valence-electron chi connectivity index (χ4n) is 1.80. The van der Waals surface area contributed by atoms with E-state index < -0.39 is 10.0 Å². The Morgan fingerprint density at radius 1 is 1.00 bits per heavy atom. The van der Waals surface area contributed by atoms with Gasteiger partial charge in [-0.3, -0.25) is 9.52 Å². The molecule has 0 fully saturated rings. The lowest BCUT2D eigenvalue weighted by Gasteiger charge is -2.12. The van der Waals surface area contributed by atoms with Crippen LogP contribution in [0.2, 0.25) is 10.0 Å². The third kappa shape index (κ3) is 4.63. The van der Waals surface area contributed by atoms with Gasteiger partial charge in [0.05, 0.1) is 5.02 Å². The molecule has 8 heteroatoms. The van der Waals surface area contributed by atoms with Crippen LogP contribution >= 0.6 is 23.2 Å². The Labute approximate surface area is 151 Å². The number of halogens is 2. The van der Waals surface area contributed by atoms with Gasteiger partial charge in [0.15, 0.2) is 0 Å². The van der Waals surface area contributed by atoms with Crippen LogP contribution in [-0.4, -0.2) is 14.3 Å². The number of anilines is 2. The Bertz CT molecular complexity index is 850. The van der Waals surface area contributed by atoms with Crippen molar-refractivity contribution in [1.29, 1.82) is 0 Å². The van der Waals surface area contributed by atoms with Gasteiger partial charge in [0, 0.05) is 22.3 Å². The molecule has 0 spiro atoms. The molecule has 0 aliphatic rings. The van der Waals surface area contributed by atoms with Crippen LogP contribution in [0.25, 0.3) is 0 Å². The highest BCUT2D eigenvalue weighted by atomic mass is 35.5. The Morgan fingerprint density at radius 3 is 2.17 bits per heavy atom. The van der Waals surface area contributed by atoms with Gasteiger partial charge in [-0.15, -0.1) is 0 Å². The zero-order valence-corrected chi connectivity index (χ0v) is 15.3. The van der Waals surface area contributed by atoms with Crippen molar-refractivity contribution in [2.75, 3.05) is 10.0 Å². The molecule has 0 heterocycles. The molecule has 0 saturated carbocycles. The Morgan fingerprint density at radius 2 is 1.58 bits per heavy atom. The first kappa shape index (κ1) is 18.6. The van der Waals surface area contributed by atoms with Gasteiger partial charge in [-0.1, -0.05) is 37.0 Å². The second-order valence-electron chi connectivity index (χ2n) is 5.40. The maximum absolute atomic E-state index is 12.5. The molecule has 0 aliphatic carbocycles. The summed E-state index contributed by atoms with van der Waals surface area (Å²) in [6.45, 7) is 3.48. The Balaban J connectivity index is 2.31. The lowest BCUT2D eigenvalue weighted by Crippen LogP contribution is -2.18. The predicted molar refractivity (Wildman–Crippen MR) is 97.2 cm³/mol. The normalized spacial score (nSPS) is 11.4. The molecule has 1 amide bonds. The Kier molecular flexibility index (Phi) is 5.74. The summed E-state index contributed by atoms with van der Waals surface area (Å²) in [5, 5.41) is 3.19. The van der Waals surface area contributed by atoms with Gasteiger partial charge < -0.3 is 5.32 Å². The molecule has 5 nitrogen and oxygen atoms in total. The third-order valence-electron chi connectivity index (χ3n) is 3.11. The summed E-state index contributed by atoms with van der Waals surface area (Å²) in [5.41, 5.74) is 0.710. The molecule has 0 aromatic heterocycles. The van der Waals surface area contributed by atoms with Gasteiger partial charge >= 0.3 is 0 Å². The molecule has 0 unspecified atom stereocenters. The van der Waals surface area contributed by atoms with Crippen molar-refractivity contribution in [2.45, 2.75) is 18.7 Å². The minimum Gasteiger partial charge on any atom is -0.326 e. The maximum Gasteiger partial charge on any atom is 0.263 e. The minimum absolute atomic E-state index is 0.0546. The highest BCUT2D eigenvalue weighted by Crippen LogP contribution is 2.27. The molecule has 0 radical (unpaired) electrons. The van der Waals surface area contributed by atoms with E-state index in [9.17, 15) is 13.2 Å². The van der Waals surface area contributed by atoms with Crippen molar-refractivity contribution in [3.63, 3.8) is 0 Å². The van der Waals surface area contributed by atoms with Gasteiger partial charge in [0.1, 0.15) is 4.90 Å². The van der Waals surface area contributed by atoms with Crippen LogP contribution in [0, 0.1) is 5.92 Å². The average molecular weight is 387 g/mol. The maximum atomic E-state index is 12.5. The van der Waals surface area contributed by atoms with Gasteiger partial charge in [-0.25, -0.2) is 8.42 Å². The number of carbonyl (C=O) groups excluding carboxylic acids is 1. The molecule has 2 N–H and O–H groups in total. The summed E-state index contributed by atoms with van der Waals surface area (Å²) < 4.78 is 27.5. The highest BCUT2D eigenvalue weighted by Gasteiger charge is 2.19. The van der Waals surface area contributed by atoms with Crippen molar-refractivity contribution < 1.29 is 13.2 Å². The van der Waals surface area contributed by atoms with Crippen LogP contribution in [0.15, 0.2) is 47.4 Å². The van der Waals surface area contributed by atoms with Gasteiger partial charge in [-0.2, -0.15) is 0 Å². The molecule has 2 rings (SSSR count). The second-order valence-corrected chi connectivity index (χ2v) is 7.90. The monoisotopic (exact) mass is 386 g/mol. The molecule has 0 aliphatic heterocycles. The van der Waals surface area contributed by atoms with Crippen LogP contribution < -0.4 is 10.0 Å². The van der Waals surface area contributed by atoms with E-state index in [0.29, 0.717) is 16.4 Å². The first-order valence-electron chi connectivity index (χ1n) is 7.08. The summed E-state index contributed by atoms with van der Waals surface area (Å²) in [6, 6.07) is 10.5. The summed E-state index contributed by atoms with van der Waals surface area (Å²) in [4.78, 5) is 11.6. The van der Waals surface area contributed by atoms with Crippen LogP contribution in [0.5, 0.6) is 0 Å². The summed E-state index contributed by atoms with van der Waals surface area (Å²) in [7, 11) is -3.91. The van der Waals surface area contributed by atoms with E-state index in [4.69, 9.17) is 23.2 Å². The smallest absolute Gasteiger partial charge is 0.263 e. The van der Waals surface area contributed by atoms with E-state index >= 15 is 0 Å². The molecular formula is C16H16Cl2N2O3S. The van der Waals surface area contributed by atoms with Gasteiger partial charge in [0.2, 0.25) is 5.91 Å². The zero-order valence-electron chi connectivity index (χ0n) is 13.0. The molecule has 128 valence electrons. The summed E-state index contributed by atoms with van der Waals surface area (Å²) in [6.07, 6.45) is 0. The van der Waals surface area contributed by atoms with E-state index in [0.717, 1.165) is 0 Å². The zero-order chi connectivity index (χ0) is 17.9. The number of sulfonamides is 1. The number of carbonyl (C=O) groups is 1. The minimum atomic E-state index is -3.91. The van der Waals surface area contributed by atoms with Crippen molar-refractivity contribution in [2.24, 2.45) is 5.92 Å². The number of hydrogen-bond donors (Lipinski definition) is 2. The number of hydrogen-bond acceptors (Lipinski definition) is 3. The van der Waals surface area contributed by atoms with E-state index in [1.54, 1.807) is 32.0 Å². The number of rotatable bonds is 5. The van der Waals surface area contributed by atoms with Crippen LogP contribution in [0.3, 0.4) is 0 Å². The van der Waals surface area contributed by atoms with E-state index in [2.05, 4.69) is 10.0 Å². The largest absolute Gasteiger partial charge is 0.326 e. The van der Waals surface area contributed by atoms with Crippen LogP contribution in [0.4, 0.5) is 11.4 Å². The van der Waals surface area contributed by atoms with Crippen LogP contribution in [-0.2, 0) is 14.8 Å². The van der Waals surface area contributed by atoms with Gasteiger partial charge in [0.25, 0.3) is 10.0 Å². The average Bonchev–Trinajstić information content (AvgIpc) is 2.51. The van der Waals surface area contributed by atoms with Crippen molar-refractivity contribution >= 4 is 50.5 Å². The summed E-state index contributed by atoms with van der Waals surface area (Å²) in [5.74, 6) is -0.445. The van der Waals surface area contributed by atoms with E-state index in [1.165, 1.54) is 24.3 Å². The third-order valence-corrected chi connectivity index (χ3v) is 5.22. The molecular weight excluding hydrogens is 371 g/mol. The SMILES string of the molecule is CC(C)C(=O)Nc1ccc(Cl)c(S(=O)(=O)Nc2ccc(Cl)cc2)c1. The summed E-state index contributed by atoms with van der Waals surface area (Å²) >= 11 is 11.8. The fourth-order valence-corrected chi connectivity index (χ4v) is 3.51. The standard InChI is InChI=1S/C16H16Cl2N2O3S/c1-10(2)16(21)19-13-7-8-14(18)15(9-13)24(22,23)20-12-5-3-11(17)4-6-12/h3-10,20H,1-2H3,(H,19,21). The fraction of sp³-hybridized carbons (Fsp3) is 0.188. The van der Waals surface area contributed by atoms with E-state index in [-0.39, 0.29) is 21.7 Å². The Hall–Kier alpha value is -1.76.